The molecule has 172 valence electrons. The largest absolute Gasteiger partial charge is 0.411 e. The maximum absolute atomic E-state index is 14.9. The third-order valence-corrected chi connectivity index (χ3v) is 8.83. The molecular weight excluding hydrogens is 469 g/mol. The van der Waals surface area contributed by atoms with E-state index in [1.807, 2.05) is 0 Å². The molecule has 0 saturated carbocycles. The second kappa shape index (κ2) is 8.10. The van der Waals surface area contributed by atoms with E-state index in [9.17, 15) is 43.9 Å². The van der Waals surface area contributed by atoms with Crippen molar-refractivity contribution in [3.63, 3.8) is 0 Å². The van der Waals surface area contributed by atoms with Crippen LogP contribution < -0.4 is 4.43 Å². The first-order valence-electron chi connectivity index (χ1n) is 9.28. The normalized spacial score (nSPS) is 31.0. The van der Waals surface area contributed by atoms with Crippen molar-refractivity contribution in [2.45, 2.75) is 44.5 Å². The molecule has 0 heterocycles. The molecule has 2 aliphatic carbocycles. The van der Waals surface area contributed by atoms with Gasteiger partial charge in [-0.1, -0.05) is 6.07 Å². The lowest BCUT2D eigenvalue weighted by molar-refractivity contribution is 0.113. The standard InChI is InChI=1S/2C7H5F4.C7H5F2.Al/c2*1-7(11)3-4(8)2-5(9)6(7)10;1-5-2-3-6(8)4-7(5)9;/h2*3,6H,1H3;2-3H,1H3;. The summed E-state index contributed by atoms with van der Waals surface area (Å²) in [7, 11) is 0. The molecule has 0 amide bonds. The second-order valence-electron chi connectivity index (χ2n) is 8.06. The molecule has 0 aromatic heterocycles. The van der Waals surface area contributed by atoms with Gasteiger partial charge in [-0.2, -0.15) is 0 Å². The van der Waals surface area contributed by atoms with Gasteiger partial charge in [0, 0.05) is 0 Å². The van der Waals surface area contributed by atoms with Crippen LogP contribution in [-0.4, -0.2) is 37.8 Å². The second-order valence-corrected chi connectivity index (χ2v) is 10.7. The molecule has 0 fully saturated rings. The Hall–Kier alpha value is -1.99. The number of aryl methyl sites for hydroxylation is 1. The Morgan fingerprint density at radius 3 is 1.56 bits per heavy atom. The van der Waals surface area contributed by atoms with Crippen molar-refractivity contribution in [1.82, 2.24) is 0 Å². The number of hydrogen-bond acceptors (Lipinski definition) is 0. The van der Waals surface area contributed by atoms with E-state index in [0.29, 0.717) is 19.9 Å². The van der Waals surface area contributed by atoms with E-state index in [-0.39, 0.29) is 17.7 Å². The minimum absolute atomic E-state index is 0.0310. The summed E-state index contributed by atoms with van der Waals surface area (Å²) >= 11 is -4.73. The van der Waals surface area contributed by atoms with Crippen LogP contribution in [0.4, 0.5) is 43.9 Å². The van der Waals surface area contributed by atoms with Crippen LogP contribution >= 0.6 is 0 Å². The Bertz CT molecular complexity index is 1040. The van der Waals surface area contributed by atoms with Crippen molar-refractivity contribution in [2.24, 2.45) is 0 Å². The van der Waals surface area contributed by atoms with Crippen LogP contribution in [0.3, 0.4) is 0 Å². The van der Waals surface area contributed by atoms with Crippen LogP contribution in [0.1, 0.15) is 19.4 Å². The van der Waals surface area contributed by atoms with E-state index >= 15 is 0 Å². The summed E-state index contributed by atoms with van der Waals surface area (Å²) in [5.74, 6) is -11.0. The molecule has 3 rings (SSSR count). The molecule has 32 heavy (non-hydrogen) atoms. The van der Waals surface area contributed by atoms with Crippen molar-refractivity contribution in [3.05, 3.63) is 73.7 Å². The maximum atomic E-state index is 14.9. The van der Waals surface area contributed by atoms with Crippen molar-refractivity contribution in [2.75, 3.05) is 0 Å². The molecular formula is C21H15AlF10. The summed E-state index contributed by atoms with van der Waals surface area (Å²) in [5, 5.41) is 0. The minimum Gasteiger partial charge on any atom is -0.236 e. The molecule has 0 spiro atoms. The van der Waals surface area contributed by atoms with Gasteiger partial charge >= 0.3 is 14.1 Å². The van der Waals surface area contributed by atoms with Gasteiger partial charge in [0.15, 0.2) is 23.7 Å². The molecule has 0 N–H and O–H groups in total. The average molecular weight is 484 g/mol. The Balaban J connectivity index is 2.43. The highest BCUT2D eigenvalue weighted by atomic mass is 27.2. The molecule has 11 heteroatoms. The van der Waals surface area contributed by atoms with Crippen molar-refractivity contribution in [3.8, 4) is 0 Å². The SMILES string of the molecule is Cc1ccc(F)[c]([Al]([C]2=C(F)C(F)C(C)(F)C=C2F)[C]2=C(F)C(F)C(C)(F)C=C2F)c1F. The van der Waals surface area contributed by atoms with Gasteiger partial charge in [-0.15, -0.1) is 0 Å². The zero-order valence-electron chi connectivity index (χ0n) is 16.8. The molecule has 2 aliphatic rings. The van der Waals surface area contributed by atoms with Crippen molar-refractivity contribution < 1.29 is 43.9 Å². The van der Waals surface area contributed by atoms with Crippen LogP contribution in [0.5, 0.6) is 0 Å². The first-order chi connectivity index (χ1) is 14.6. The molecule has 4 unspecified atom stereocenters. The third kappa shape index (κ3) is 3.83. The van der Waals surface area contributed by atoms with E-state index in [0.717, 1.165) is 13.0 Å². The number of alkyl halides is 4. The Kier molecular flexibility index (Phi) is 6.24. The molecule has 4 atom stereocenters. The predicted octanol–water partition coefficient (Wildman–Crippen LogP) is 6.37. The number of allylic oxidation sites excluding steroid dienone is 8. The first-order valence-corrected chi connectivity index (χ1v) is 11.0. The fourth-order valence-corrected chi connectivity index (χ4v) is 7.00. The lowest BCUT2D eigenvalue weighted by Crippen LogP contribution is -2.47. The Labute approximate surface area is 181 Å². The number of rotatable bonds is 3. The summed E-state index contributed by atoms with van der Waals surface area (Å²) in [5.41, 5.74) is -6.73. The van der Waals surface area contributed by atoms with Gasteiger partial charge < -0.3 is 0 Å². The topological polar surface area (TPSA) is 0 Å². The zero-order chi connectivity index (χ0) is 24.3. The summed E-state index contributed by atoms with van der Waals surface area (Å²) < 4.78 is 142. The van der Waals surface area contributed by atoms with Gasteiger partial charge in [0.25, 0.3) is 0 Å². The van der Waals surface area contributed by atoms with Gasteiger partial charge in [0.1, 0.15) is 34.9 Å². The zero-order valence-corrected chi connectivity index (χ0v) is 18.0. The molecule has 0 bridgehead atoms. The Morgan fingerprint density at radius 1 is 0.750 bits per heavy atom. The lowest BCUT2D eigenvalue weighted by atomic mass is 9.95. The highest BCUT2D eigenvalue weighted by molar-refractivity contribution is 6.87. The van der Waals surface area contributed by atoms with Gasteiger partial charge in [0.05, 0.1) is 0 Å². The maximum Gasteiger partial charge on any atom is 0.411 e. The van der Waals surface area contributed by atoms with Crippen LogP contribution in [0, 0.1) is 18.6 Å². The third-order valence-electron chi connectivity index (χ3n) is 5.47. The summed E-state index contributed by atoms with van der Waals surface area (Å²) in [6.45, 7) is 2.06. The average Bonchev–Trinajstić information content (AvgIpc) is 2.67. The summed E-state index contributed by atoms with van der Waals surface area (Å²) in [6, 6.07) is 1.56. The van der Waals surface area contributed by atoms with Gasteiger partial charge in [-0.25, -0.2) is 43.9 Å². The van der Waals surface area contributed by atoms with E-state index in [1.54, 1.807) is 0 Å². The van der Waals surface area contributed by atoms with E-state index in [2.05, 4.69) is 0 Å². The van der Waals surface area contributed by atoms with Crippen molar-refractivity contribution >= 4 is 18.6 Å². The predicted molar refractivity (Wildman–Crippen MR) is 100.0 cm³/mol. The highest BCUT2D eigenvalue weighted by Crippen LogP contribution is 2.45. The van der Waals surface area contributed by atoms with Crippen LogP contribution in [0.25, 0.3) is 0 Å². The smallest absolute Gasteiger partial charge is 0.236 e. The van der Waals surface area contributed by atoms with Gasteiger partial charge in [-0.3, -0.25) is 0 Å². The van der Waals surface area contributed by atoms with Gasteiger partial charge in [-0.05, 0) is 57.8 Å². The van der Waals surface area contributed by atoms with Crippen LogP contribution in [0.15, 0.2) is 56.5 Å². The molecule has 0 aliphatic heterocycles. The molecule has 1 aromatic carbocycles. The first kappa shape index (κ1) is 24.7. The lowest BCUT2D eigenvalue weighted by Gasteiger charge is -2.32. The number of hydrogen-bond donors (Lipinski definition) is 0. The summed E-state index contributed by atoms with van der Waals surface area (Å²) in [6.07, 6.45) is -6.40. The minimum atomic E-state index is -4.73. The summed E-state index contributed by atoms with van der Waals surface area (Å²) in [4.78, 5) is 0. The molecule has 0 radical (unpaired) electrons. The van der Waals surface area contributed by atoms with Crippen LogP contribution in [-0.2, 0) is 0 Å². The fraction of sp³-hybridized carbons (Fsp3) is 0.333. The fourth-order valence-electron chi connectivity index (χ4n) is 3.72. The molecule has 1 aromatic rings. The highest BCUT2D eigenvalue weighted by Gasteiger charge is 2.53. The number of benzene rings is 1. The van der Waals surface area contributed by atoms with Gasteiger partial charge in [0.2, 0.25) is 0 Å². The number of halogens is 10. The van der Waals surface area contributed by atoms with Crippen LogP contribution in [0.2, 0.25) is 0 Å². The van der Waals surface area contributed by atoms with Crippen molar-refractivity contribution in [1.29, 1.82) is 0 Å². The molecule has 0 nitrogen and oxygen atoms in total. The Morgan fingerprint density at radius 2 is 1.16 bits per heavy atom. The van der Waals surface area contributed by atoms with E-state index in [4.69, 9.17) is 0 Å². The molecule has 0 saturated heterocycles. The quantitative estimate of drug-likeness (QED) is 0.346. The van der Waals surface area contributed by atoms with E-state index < -0.39 is 86.1 Å². The monoisotopic (exact) mass is 484 g/mol. The van der Waals surface area contributed by atoms with E-state index in [1.165, 1.54) is 0 Å².